The molecule has 0 spiro atoms. The lowest BCUT2D eigenvalue weighted by Crippen LogP contribution is -2.20. The van der Waals surface area contributed by atoms with Crippen molar-refractivity contribution in [3.05, 3.63) is 24.0 Å². The SMILES string of the molecule is COCCNCc1cccn1CCO. The standard InChI is InChI=1S/C10H18N2O2/c1-14-8-4-11-9-10-3-2-5-12(10)6-7-13/h2-3,5,11,13H,4,6-9H2,1H3. The Labute approximate surface area is 84.5 Å². The molecule has 0 saturated carbocycles. The maximum absolute atomic E-state index is 8.81. The van der Waals surface area contributed by atoms with Crippen molar-refractivity contribution >= 4 is 0 Å². The van der Waals surface area contributed by atoms with Crippen molar-refractivity contribution in [2.75, 3.05) is 26.9 Å². The Morgan fingerprint density at radius 1 is 1.57 bits per heavy atom. The van der Waals surface area contributed by atoms with Crippen LogP contribution in [0.25, 0.3) is 0 Å². The first-order chi connectivity index (χ1) is 6.88. The van der Waals surface area contributed by atoms with Gasteiger partial charge >= 0.3 is 0 Å². The predicted molar refractivity (Wildman–Crippen MR) is 55.1 cm³/mol. The minimum atomic E-state index is 0.180. The van der Waals surface area contributed by atoms with Crippen LogP contribution in [-0.2, 0) is 17.8 Å². The summed E-state index contributed by atoms with van der Waals surface area (Å²) in [6.07, 6.45) is 1.98. The van der Waals surface area contributed by atoms with Gasteiger partial charge in [-0.15, -0.1) is 0 Å². The number of methoxy groups -OCH3 is 1. The predicted octanol–water partition coefficient (Wildman–Crippen LogP) is 0.216. The van der Waals surface area contributed by atoms with Crippen LogP contribution in [-0.4, -0.2) is 36.5 Å². The van der Waals surface area contributed by atoms with Gasteiger partial charge in [-0.25, -0.2) is 0 Å². The lowest BCUT2D eigenvalue weighted by molar-refractivity contribution is 0.199. The zero-order chi connectivity index (χ0) is 10.2. The van der Waals surface area contributed by atoms with Crippen molar-refractivity contribution in [3.8, 4) is 0 Å². The molecular formula is C10H18N2O2. The summed E-state index contributed by atoms with van der Waals surface area (Å²) in [5.41, 5.74) is 1.19. The molecule has 4 heteroatoms. The number of hydrogen-bond acceptors (Lipinski definition) is 3. The molecule has 0 aliphatic carbocycles. The third-order valence-electron chi connectivity index (χ3n) is 2.05. The molecule has 14 heavy (non-hydrogen) atoms. The smallest absolute Gasteiger partial charge is 0.0610 e. The first-order valence-electron chi connectivity index (χ1n) is 4.83. The first kappa shape index (κ1) is 11.2. The molecule has 0 aromatic carbocycles. The largest absolute Gasteiger partial charge is 0.395 e. The fraction of sp³-hybridized carbons (Fsp3) is 0.600. The molecule has 0 bridgehead atoms. The number of aromatic nitrogens is 1. The van der Waals surface area contributed by atoms with E-state index in [1.165, 1.54) is 5.69 Å². The van der Waals surface area contributed by atoms with Gasteiger partial charge in [-0.3, -0.25) is 0 Å². The summed E-state index contributed by atoms with van der Waals surface area (Å²) in [6, 6.07) is 4.04. The molecule has 0 radical (unpaired) electrons. The molecule has 0 aliphatic heterocycles. The number of aliphatic hydroxyl groups is 1. The molecule has 1 aromatic heterocycles. The Balaban J connectivity index is 2.30. The van der Waals surface area contributed by atoms with Crippen LogP contribution >= 0.6 is 0 Å². The number of nitrogens with zero attached hydrogens (tertiary/aromatic N) is 1. The van der Waals surface area contributed by atoms with Gasteiger partial charge < -0.3 is 19.7 Å². The summed E-state index contributed by atoms with van der Waals surface area (Å²) in [5, 5.41) is 12.1. The van der Waals surface area contributed by atoms with Gasteiger partial charge in [0.05, 0.1) is 13.2 Å². The molecule has 2 N–H and O–H groups in total. The van der Waals surface area contributed by atoms with Gasteiger partial charge in [-0.1, -0.05) is 0 Å². The quantitative estimate of drug-likeness (QED) is 0.616. The number of ether oxygens (including phenoxy) is 1. The zero-order valence-corrected chi connectivity index (χ0v) is 8.57. The van der Waals surface area contributed by atoms with Crippen LogP contribution in [0.5, 0.6) is 0 Å². The van der Waals surface area contributed by atoms with Crippen molar-refractivity contribution in [2.45, 2.75) is 13.1 Å². The minimum absolute atomic E-state index is 0.180. The second kappa shape index (κ2) is 6.59. The molecule has 0 saturated heterocycles. The highest BCUT2D eigenvalue weighted by molar-refractivity contribution is 5.06. The molecule has 0 fully saturated rings. The highest BCUT2D eigenvalue weighted by Crippen LogP contribution is 2.01. The average Bonchev–Trinajstić information content (AvgIpc) is 2.61. The Hall–Kier alpha value is -0.840. The molecule has 1 aromatic rings. The molecule has 80 valence electrons. The third kappa shape index (κ3) is 3.49. The van der Waals surface area contributed by atoms with Gasteiger partial charge in [0.1, 0.15) is 0 Å². The molecule has 4 nitrogen and oxygen atoms in total. The Morgan fingerprint density at radius 2 is 2.43 bits per heavy atom. The van der Waals surface area contributed by atoms with E-state index in [-0.39, 0.29) is 6.61 Å². The van der Waals surface area contributed by atoms with E-state index >= 15 is 0 Å². The van der Waals surface area contributed by atoms with E-state index in [0.717, 1.165) is 19.7 Å². The summed E-state index contributed by atoms with van der Waals surface area (Å²) in [5.74, 6) is 0. The van der Waals surface area contributed by atoms with Gasteiger partial charge in [0.15, 0.2) is 0 Å². The maximum Gasteiger partial charge on any atom is 0.0610 e. The van der Waals surface area contributed by atoms with Gasteiger partial charge in [0.25, 0.3) is 0 Å². The van der Waals surface area contributed by atoms with E-state index in [2.05, 4.69) is 11.4 Å². The normalized spacial score (nSPS) is 10.7. The number of nitrogens with one attached hydrogen (secondary N) is 1. The van der Waals surface area contributed by atoms with E-state index in [0.29, 0.717) is 6.54 Å². The van der Waals surface area contributed by atoms with Crippen LogP contribution in [0.2, 0.25) is 0 Å². The Kier molecular flexibility index (Phi) is 5.29. The van der Waals surface area contributed by atoms with Crippen LogP contribution in [0.4, 0.5) is 0 Å². The van der Waals surface area contributed by atoms with Gasteiger partial charge in [0.2, 0.25) is 0 Å². The molecule has 0 amide bonds. The summed E-state index contributed by atoms with van der Waals surface area (Å²) in [7, 11) is 1.69. The third-order valence-corrected chi connectivity index (χ3v) is 2.05. The van der Waals surface area contributed by atoms with E-state index in [9.17, 15) is 0 Å². The number of aliphatic hydroxyl groups excluding tert-OH is 1. The van der Waals surface area contributed by atoms with Crippen LogP contribution in [0.1, 0.15) is 5.69 Å². The van der Waals surface area contributed by atoms with E-state index in [4.69, 9.17) is 9.84 Å². The topological polar surface area (TPSA) is 46.4 Å². The van der Waals surface area contributed by atoms with Crippen molar-refractivity contribution < 1.29 is 9.84 Å². The average molecular weight is 198 g/mol. The van der Waals surface area contributed by atoms with E-state index in [1.807, 2.05) is 16.8 Å². The van der Waals surface area contributed by atoms with Gasteiger partial charge in [-0.2, -0.15) is 0 Å². The van der Waals surface area contributed by atoms with Crippen molar-refractivity contribution in [1.82, 2.24) is 9.88 Å². The van der Waals surface area contributed by atoms with Crippen LogP contribution < -0.4 is 5.32 Å². The molecule has 1 rings (SSSR count). The van der Waals surface area contributed by atoms with Crippen molar-refractivity contribution in [1.29, 1.82) is 0 Å². The lowest BCUT2D eigenvalue weighted by atomic mass is 10.4. The fourth-order valence-corrected chi connectivity index (χ4v) is 1.33. The second-order valence-electron chi connectivity index (χ2n) is 3.09. The van der Waals surface area contributed by atoms with Crippen LogP contribution in [0.15, 0.2) is 18.3 Å². The van der Waals surface area contributed by atoms with Crippen LogP contribution in [0.3, 0.4) is 0 Å². The maximum atomic E-state index is 8.81. The molecule has 1 heterocycles. The highest BCUT2D eigenvalue weighted by Gasteiger charge is 1.98. The Morgan fingerprint density at radius 3 is 3.14 bits per heavy atom. The number of rotatable bonds is 7. The van der Waals surface area contributed by atoms with Gasteiger partial charge in [0, 0.05) is 38.6 Å². The monoisotopic (exact) mass is 198 g/mol. The van der Waals surface area contributed by atoms with Crippen molar-refractivity contribution in [2.24, 2.45) is 0 Å². The molecule has 0 unspecified atom stereocenters. The lowest BCUT2D eigenvalue weighted by Gasteiger charge is -2.08. The summed E-state index contributed by atoms with van der Waals surface area (Å²) in [4.78, 5) is 0. The molecular weight excluding hydrogens is 180 g/mol. The van der Waals surface area contributed by atoms with Gasteiger partial charge in [-0.05, 0) is 12.1 Å². The summed E-state index contributed by atoms with van der Waals surface area (Å²) >= 11 is 0. The van der Waals surface area contributed by atoms with E-state index < -0.39 is 0 Å². The van der Waals surface area contributed by atoms with Crippen LogP contribution in [0, 0.1) is 0 Å². The Bertz CT molecular complexity index is 248. The summed E-state index contributed by atoms with van der Waals surface area (Å²) in [6.45, 7) is 3.23. The minimum Gasteiger partial charge on any atom is -0.395 e. The molecule has 0 aliphatic rings. The zero-order valence-electron chi connectivity index (χ0n) is 8.57. The first-order valence-corrected chi connectivity index (χ1v) is 4.83. The molecule has 0 atom stereocenters. The summed E-state index contributed by atoms with van der Waals surface area (Å²) < 4.78 is 6.97. The highest BCUT2D eigenvalue weighted by atomic mass is 16.5. The van der Waals surface area contributed by atoms with Crippen molar-refractivity contribution in [3.63, 3.8) is 0 Å². The van der Waals surface area contributed by atoms with E-state index in [1.54, 1.807) is 7.11 Å². The number of hydrogen-bond donors (Lipinski definition) is 2. The fourth-order valence-electron chi connectivity index (χ4n) is 1.33. The second-order valence-corrected chi connectivity index (χ2v) is 3.09.